The highest BCUT2D eigenvalue weighted by atomic mass is 32.2. The molecule has 0 aliphatic rings. The molecule has 0 aliphatic carbocycles. The lowest BCUT2D eigenvalue weighted by Gasteiger charge is -2.09. The molecule has 1 rings (SSSR count). The molecule has 0 saturated heterocycles. The lowest BCUT2D eigenvalue weighted by molar-refractivity contribution is -0.142. The quantitative estimate of drug-likeness (QED) is 0.0915. The number of unbranched alkanes of at least 4 members (excludes halogenated alkanes) is 13. The van der Waals surface area contributed by atoms with Crippen LogP contribution >= 0.6 is 11.8 Å². The highest BCUT2D eigenvalue weighted by Crippen LogP contribution is 2.25. The number of ether oxygens (including phenoxy) is 2. The SMILES string of the molecule is CCCCCCCCCCCCCCCCS(=O)(=O)NCCSc1ccc(OCC(=O)OC)c(F)c1. The van der Waals surface area contributed by atoms with Crippen LogP contribution in [0, 0.1) is 5.82 Å². The fourth-order valence-corrected chi connectivity index (χ4v) is 5.87. The first-order valence-electron chi connectivity index (χ1n) is 13.5. The van der Waals surface area contributed by atoms with Crippen molar-refractivity contribution in [1.82, 2.24) is 4.72 Å². The van der Waals surface area contributed by atoms with Crippen LogP contribution in [0.15, 0.2) is 23.1 Å². The second-order valence-electron chi connectivity index (χ2n) is 9.11. The first-order chi connectivity index (χ1) is 17.4. The van der Waals surface area contributed by atoms with Crippen molar-refractivity contribution in [2.45, 2.75) is 102 Å². The molecule has 36 heavy (non-hydrogen) atoms. The van der Waals surface area contributed by atoms with E-state index >= 15 is 0 Å². The summed E-state index contributed by atoms with van der Waals surface area (Å²) in [5, 5.41) is 0. The Balaban J connectivity index is 2.03. The van der Waals surface area contributed by atoms with Gasteiger partial charge in [0, 0.05) is 17.2 Å². The van der Waals surface area contributed by atoms with E-state index in [4.69, 9.17) is 4.74 Å². The van der Waals surface area contributed by atoms with Gasteiger partial charge in [0.25, 0.3) is 0 Å². The van der Waals surface area contributed by atoms with E-state index in [0.717, 1.165) is 12.8 Å². The molecule has 1 aromatic carbocycles. The number of carbonyl (C=O) groups is 1. The molecule has 0 unspecified atom stereocenters. The predicted molar refractivity (Wildman–Crippen MR) is 147 cm³/mol. The largest absolute Gasteiger partial charge is 0.479 e. The number of thioether (sulfide) groups is 1. The average Bonchev–Trinajstić information content (AvgIpc) is 2.86. The molecule has 0 aromatic heterocycles. The van der Waals surface area contributed by atoms with Gasteiger partial charge in [-0.2, -0.15) is 0 Å². The Bertz CT molecular complexity index is 820. The summed E-state index contributed by atoms with van der Waals surface area (Å²) in [4.78, 5) is 11.7. The minimum absolute atomic E-state index is 0.0291. The summed E-state index contributed by atoms with van der Waals surface area (Å²) >= 11 is 1.35. The molecule has 6 nitrogen and oxygen atoms in total. The molecular weight excluding hydrogens is 501 g/mol. The van der Waals surface area contributed by atoms with E-state index in [2.05, 4.69) is 16.4 Å². The summed E-state index contributed by atoms with van der Waals surface area (Å²) in [6.07, 6.45) is 17.3. The van der Waals surface area contributed by atoms with E-state index < -0.39 is 21.8 Å². The summed E-state index contributed by atoms with van der Waals surface area (Å²) < 4.78 is 50.6. The van der Waals surface area contributed by atoms with Crippen LogP contribution in [0.3, 0.4) is 0 Å². The zero-order chi connectivity index (χ0) is 26.5. The Labute approximate surface area is 222 Å². The van der Waals surface area contributed by atoms with Gasteiger partial charge in [-0.25, -0.2) is 22.3 Å². The molecule has 1 N–H and O–H groups in total. The maximum atomic E-state index is 14.1. The maximum Gasteiger partial charge on any atom is 0.343 e. The van der Waals surface area contributed by atoms with Crippen LogP contribution in [0.25, 0.3) is 0 Å². The molecule has 0 saturated carbocycles. The fraction of sp³-hybridized carbons (Fsp3) is 0.741. The van der Waals surface area contributed by atoms with Crippen LogP contribution < -0.4 is 9.46 Å². The lowest BCUT2D eigenvalue weighted by Crippen LogP contribution is -2.28. The number of nitrogens with one attached hydrogen (secondary N) is 1. The maximum absolute atomic E-state index is 14.1. The number of hydrogen-bond donors (Lipinski definition) is 1. The minimum atomic E-state index is -3.29. The number of rotatable bonds is 23. The van der Waals surface area contributed by atoms with E-state index in [9.17, 15) is 17.6 Å². The van der Waals surface area contributed by atoms with Crippen LogP contribution in [-0.4, -0.2) is 46.2 Å². The molecule has 0 aliphatic heterocycles. The molecule has 1 aromatic rings. The molecular formula is C27H46FNO5S2. The summed E-state index contributed by atoms with van der Waals surface area (Å²) in [5.41, 5.74) is 0. The normalized spacial score (nSPS) is 11.5. The van der Waals surface area contributed by atoms with Crippen LogP contribution in [-0.2, 0) is 19.6 Å². The molecule has 0 amide bonds. The van der Waals surface area contributed by atoms with Crippen molar-refractivity contribution < 1.29 is 27.1 Å². The van der Waals surface area contributed by atoms with Crippen LogP contribution in [0.5, 0.6) is 5.75 Å². The second kappa shape index (κ2) is 20.7. The standard InChI is InChI=1S/C27H46FNO5S2/c1-3-4-5-6-7-8-9-10-11-12-13-14-15-16-21-36(31,32)29-19-20-35-24-17-18-26(25(28)22-24)34-23-27(30)33-2/h17-18,22,29H,3-16,19-21,23H2,1-2H3. The fourth-order valence-electron chi connectivity index (χ4n) is 3.81. The molecule has 0 fully saturated rings. The first-order valence-corrected chi connectivity index (χ1v) is 16.1. The van der Waals surface area contributed by atoms with Crippen LogP contribution in [0.4, 0.5) is 4.39 Å². The van der Waals surface area contributed by atoms with Gasteiger partial charge >= 0.3 is 5.97 Å². The molecule has 9 heteroatoms. The lowest BCUT2D eigenvalue weighted by atomic mass is 10.0. The van der Waals surface area contributed by atoms with Crippen molar-refractivity contribution >= 4 is 27.8 Å². The number of benzene rings is 1. The van der Waals surface area contributed by atoms with Crippen molar-refractivity contribution in [3.8, 4) is 5.75 Å². The Morgan fingerprint density at radius 1 is 0.917 bits per heavy atom. The van der Waals surface area contributed by atoms with Gasteiger partial charge in [0.1, 0.15) is 0 Å². The Hall–Kier alpha value is -1.32. The third-order valence-electron chi connectivity index (χ3n) is 5.94. The van der Waals surface area contributed by atoms with Gasteiger partial charge in [-0.15, -0.1) is 11.8 Å². The van der Waals surface area contributed by atoms with Gasteiger partial charge in [0.05, 0.1) is 12.9 Å². The topological polar surface area (TPSA) is 81.7 Å². The van der Waals surface area contributed by atoms with Crippen molar-refractivity contribution in [1.29, 1.82) is 0 Å². The van der Waals surface area contributed by atoms with Crippen molar-refractivity contribution in [2.75, 3.05) is 31.8 Å². The van der Waals surface area contributed by atoms with E-state index in [1.807, 2.05) is 0 Å². The summed E-state index contributed by atoms with van der Waals surface area (Å²) in [7, 11) is -2.05. The molecule has 208 valence electrons. The third-order valence-corrected chi connectivity index (χ3v) is 8.40. The van der Waals surface area contributed by atoms with Gasteiger partial charge in [-0.05, 0) is 24.6 Å². The first kappa shape index (κ1) is 32.7. The zero-order valence-corrected chi connectivity index (χ0v) is 23.8. The Morgan fingerprint density at radius 3 is 2.00 bits per heavy atom. The van der Waals surface area contributed by atoms with Gasteiger partial charge in [-0.3, -0.25) is 0 Å². The highest BCUT2D eigenvalue weighted by molar-refractivity contribution is 7.99. The van der Waals surface area contributed by atoms with E-state index in [-0.39, 0.29) is 24.7 Å². The summed E-state index contributed by atoms with van der Waals surface area (Å²) in [5.74, 6) is -0.564. The van der Waals surface area contributed by atoms with Crippen LogP contribution in [0.2, 0.25) is 0 Å². The monoisotopic (exact) mass is 547 g/mol. The van der Waals surface area contributed by atoms with E-state index in [0.29, 0.717) is 17.1 Å². The number of methoxy groups -OCH3 is 1. The zero-order valence-electron chi connectivity index (χ0n) is 22.2. The van der Waals surface area contributed by atoms with E-state index in [1.165, 1.54) is 102 Å². The van der Waals surface area contributed by atoms with Crippen molar-refractivity contribution in [2.24, 2.45) is 0 Å². The summed E-state index contributed by atoms with van der Waals surface area (Å²) in [6.45, 7) is 2.18. The smallest absolute Gasteiger partial charge is 0.343 e. The predicted octanol–water partition coefficient (Wildman–Crippen LogP) is 6.87. The number of halogens is 1. The van der Waals surface area contributed by atoms with Gasteiger partial charge in [-0.1, -0.05) is 90.4 Å². The summed E-state index contributed by atoms with van der Waals surface area (Å²) in [6, 6.07) is 4.42. The molecule has 0 spiro atoms. The van der Waals surface area contributed by atoms with Crippen LogP contribution in [0.1, 0.15) is 96.8 Å². The number of hydrogen-bond acceptors (Lipinski definition) is 6. The van der Waals surface area contributed by atoms with Crippen molar-refractivity contribution in [3.05, 3.63) is 24.0 Å². The minimum Gasteiger partial charge on any atom is -0.479 e. The number of sulfonamides is 1. The van der Waals surface area contributed by atoms with E-state index in [1.54, 1.807) is 6.07 Å². The second-order valence-corrected chi connectivity index (χ2v) is 12.2. The Kier molecular flexibility index (Phi) is 18.8. The van der Waals surface area contributed by atoms with Gasteiger partial charge in [0.2, 0.25) is 10.0 Å². The highest BCUT2D eigenvalue weighted by Gasteiger charge is 2.11. The number of esters is 1. The van der Waals surface area contributed by atoms with Crippen molar-refractivity contribution in [3.63, 3.8) is 0 Å². The Morgan fingerprint density at radius 2 is 1.47 bits per heavy atom. The van der Waals surface area contributed by atoms with Gasteiger partial charge in [0.15, 0.2) is 18.2 Å². The molecule has 0 atom stereocenters. The average molecular weight is 548 g/mol. The number of carbonyl (C=O) groups excluding carboxylic acids is 1. The van der Waals surface area contributed by atoms with Gasteiger partial charge < -0.3 is 9.47 Å². The molecule has 0 bridgehead atoms. The molecule has 0 radical (unpaired) electrons. The molecule has 0 heterocycles. The third kappa shape index (κ3) is 17.2.